The van der Waals surface area contributed by atoms with Crippen LogP contribution in [0.5, 0.6) is 5.75 Å². The van der Waals surface area contributed by atoms with E-state index < -0.39 is 0 Å². The molecule has 1 amide bonds. The van der Waals surface area contributed by atoms with Gasteiger partial charge in [0.2, 0.25) is 5.91 Å². The summed E-state index contributed by atoms with van der Waals surface area (Å²) >= 11 is 1.36. The number of carbonyl (C=O) groups is 1. The zero-order valence-corrected chi connectivity index (χ0v) is 21.1. The Hall–Kier alpha value is -3.58. The van der Waals surface area contributed by atoms with Gasteiger partial charge in [0.25, 0.3) is 0 Å². The van der Waals surface area contributed by atoms with Gasteiger partial charge in [-0.1, -0.05) is 54.9 Å². The average molecular weight is 487 g/mol. The lowest BCUT2D eigenvalue weighted by atomic mass is 10.1. The summed E-state index contributed by atoms with van der Waals surface area (Å²) in [5.74, 6) is 1.63. The maximum Gasteiger partial charge on any atom is 0.234 e. The molecule has 0 bridgehead atoms. The number of hydrogen-bond donors (Lipinski definition) is 1. The van der Waals surface area contributed by atoms with Gasteiger partial charge < -0.3 is 10.1 Å². The van der Waals surface area contributed by atoms with Gasteiger partial charge in [-0.15, -0.1) is 10.2 Å². The Balaban J connectivity index is 1.51. The van der Waals surface area contributed by atoms with E-state index in [1.54, 1.807) is 7.11 Å². The minimum atomic E-state index is -0.0826. The molecule has 1 heterocycles. The number of rotatable bonds is 10. The number of methoxy groups -OCH3 is 1. The van der Waals surface area contributed by atoms with Crippen molar-refractivity contribution in [3.05, 3.63) is 83.9 Å². The summed E-state index contributed by atoms with van der Waals surface area (Å²) in [6.07, 6.45) is 3.40. The molecule has 4 aromatic rings. The Morgan fingerprint density at radius 2 is 1.69 bits per heavy atom. The number of ether oxygens (including phenoxy) is 1. The molecule has 0 unspecified atom stereocenters. The number of benzene rings is 3. The first-order valence-corrected chi connectivity index (χ1v) is 12.7. The second-order valence-corrected chi connectivity index (χ2v) is 9.29. The molecule has 0 aliphatic carbocycles. The molecular weight excluding hydrogens is 456 g/mol. The summed E-state index contributed by atoms with van der Waals surface area (Å²) in [7, 11) is 1.64. The van der Waals surface area contributed by atoms with Crippen LogP contribution in [0.3, 0.4) is 0 Å². The Kier molecular flexibility index (Phi) is 8.21. The van der Waals surface area contributed by atoms with Crippen LogP contribution in [0.2, 0.25) is 0 Å². The molecule has 35 heavy (non-hydrogen) atoms. The molecule has 1 aromatic heterocycles. The lowest BCUT2D eigenvalue weighted by Crippen LogP contribution is -2.14. The van der Waals surface area contributed by atoms with Crippen LogP contribution in [0.4, 0.5) is 5.69 Å². The summed E-state index contributed by atoms with van der Waals surface area (Å²) in [6, 6.07) is 24.0. The normalized spacial score (nSPS) is 10.8. The van der Waals surface area contributed by atoms with Gasteiger partial charge in [0.15, 0.2) is 11.0 Å². The number of aromatic nitrogens is 3. The quantitative estimate of drug-likeness (QED) is 0.266. The predicted molar refractivity (Wildman–Crippen MR) is 142 cm³/mol. The fourth-order valence-electron chi connectivity index (χ4n) is 3.68. The van der Waals surface area contributed by atoms with Crippen molar-refractivity contribution in [2.45, 2.75) is 38.3 Å². The predicted octanol–water partition coefficient (Wildman–Crippen LogP) is 6.32. The van der Waals surface area contributed by atoms with Crippen LogP contribution < -0.4 is 10.1 Å². The number of carbonyl (C=O) groups excluding carboxylic acids is 1. The van der Waals surface area contributed by atoms with E-state index in [-0.39, 0.29) is 11.7 Å². The second-order valence-electron chi connectivity index (χ2n) is 8.34. The first-order chi connectivity index (χ1) is 17.1. The number of thioether (sulfide) groups is 1. The minimum absolute atomic E-state index is 0.0826. The van der Waals surface area contributed by atoms with E-state index in [2.05, 4.69) is 53.6 Å². The lowest BCUT2D eigenvalue weighted by molar-refractivity contribution is -0.113. The SMILES string of the molecule is CCCCc1ccc(NC(=O)CSc2nnc(-c3ccc(OC)cc3)n2-c2ccc(C)cc2)cc1. The molecule has 0 radical (unpaired) electrons. The van der Waals surface area contributed by atoms with Gasteiger partial charge in [-0.2, -0.15) is 0 Å². The molecule has 0 aliphatic rings. The molecule has 180 valence electrons. The van der Waals surface area contributed by atoms with Crippen molar-refractivity contribution in [2.75, 3.05) is 18.2 Å². The van der Waals surface area contributed by atoms with Crippen molar-refractivity contribution in [3.8, 4) is 22.8 Å². The van der Waals surface area contributed by atoms with E-state index in [1.165, 1.54) is 35.7 Å². The van der Waals surface area contributed by atoms with Gasteiger partial charge >= 0.3 is 0 Å². The number of unbranched alkanes of at least 4 members (excludes halogenated alkanes) is 1. The van der Waals surface area contributed by atoms with Crippen LogP contribution in [0, 0.1) is 6.92 Å². The Morgan fingerprint density at radius 3 is 2.34 bits per heavy atom. The summed E-state index contributed by atoms with van der Waals surface area (Å²) in [4.78, 5) is 12.7. The van der Waals surface area contributed by atoms with E-state index in [9.17, 15) is 4.79 Å². The third kappa shape index (κ3) is 6.31. The topological polar surface area (TPSA) is 69.0 Å². The van der Waals surface area contributed by atoms with Gasteiger partial charge in [-0.05, 0) is 73.9 Å². The molecule has 3 aromatic carbocycles. The summed E-state index contributed by atoms with van der Waals surface area (Å²) in [5, 5.41) is 12.5. The molecule has 7 heteroatoms. The molecule has 6 nitrogen and oxygen atoms in total. The van der Waals surface area contributed by atoms with Crippen molar-refractivity contribution < 1.29 is 9.53 Å². The summed E-state index contributed by atoms with van der Waals surface area (Å²) < 4.78 is 7.27. The van der Waals surface area contributed by atoms with Crippen LogP contribution >= 0.6 is 11.8 Å². The zero-order valence-electron chi connectivity index (χ0n) is 20.3. The highest BCUT2D eigenvalue weighted by Crippen LogP contribution is 2.29. The monoisotopic (exact) mass is 486 g/mol. The van der Waals surface area contributed by atoms with Crippen LogP contribution in [-0.4, -0.2) is 33.5 Å². The number of hydrogen-bond acceptors (Lipinski definition) is 5. The maximum atomic E-state index is 12.7. The number of aryl methyl sites for hydroxylation is 2. The molecule has 1 N–H and O–H groups in total. The van der Waals surface area contributed by atoms with E-state index in [4.69, 9.17) is 4.74 Å². The van der Waals surface area contributed by atoms with E-state index in [0.29, 0.717) is 11.0 Å². The van der Waals surface area contributed by atoms with Crippen LogP contribution in [0.1, 0.15) is 30.9 Å². The highest BCUT2D eigenvalue weighted by molar-refractivity contribution is 7.99. The van der Waals surface area contributed by atoms with Gasteiger partial charge in [-0.3, -0.25) is 9.36 Å². The lowest BCUT2D eigenvalue weighted by Gasteiger charge is -2.11. The standard InChI is InChI=1S/C28H30N4O2S/c1-4-5-6-21-9-13-23(14-10-21)29-26(33)19-35-28-31-30-27(22-11-17-25(34-3)18-12-22)32(28)24-15-7-20(2)8-16-24/h7-18H,4-6,19H2,1-3H3,(H,29,33). The molecular formula is C28H30N4O2S. The smallest absolute Gasteiger partial charge is 0.234 e. The minimum Gasteiger partial charge on any atom is -0.497 e. The van der Waals surface area contributed by atoms with Crippen LogP contribution in [0.15, 0.2) is 78.0 Å². The Bertz CT molecular complexity index is 1250. The molecule has 0 fully saturated rings. The van der Waals surface area contributed by atoms with Crippen LogP contribution in [-0.2, 0) is 11.2 Å². The first-order valence-electron chi connectivity index (χ1n) is 11.8. The molecule has 0 aliphatic heterocycles. The highest BCUT2D eigenvalue weighted by Gasteiger charge is 2.17. The number of nitrogens with zero attached hydrogens (tertiary/aromatic N) is 3. The van der Waals surface area contributed by atoms with E-state index in [1.807, 2.05) is 53.1 Å². The number of nitrogens with one attached hydrogen (secondary N) is 1. The second kappa shape index (κ2) is 11.7. The molecule has 0 atom stereocenters. The fraction of sp³-hybridized carbons (Fsp3) is 0.250. The van der Waals surface area contributed by atoms with Gasteiger partial charge in [0, 0.05) is 16.9 Å². The third-order valence-electron chi connectivity index (χ3n) is 5.66. The number of amides is 1. The largest absolute Gasteiger partial charge is 0.497 e. The molecule has 4 rings (SSSR count). The van der Waals surface area contributed by atoms with Gasteiger partial charge in [0.1, 0.15) is 5.75 Å². The Labute approximate surface area is 210 Å². The summed E-state index contributed by atoms with van der Waals surface area (Å²) in [6.45, 7) is 4.24. The van der Waals surface area contributed by atoms with Crippen LogP contribution in [0.25, 0.3) is 17.1 Å². The van der Waals surface area contributed by atoms with Crippen molar-refractivity contribution in [1.29, 1.82) is 0 Å². The molecule has 0 saturated heterocycles. The molecule has 0 saturated carbocycles. The molecule has 0 spiro atoms. The number of anilines is 1. The van der Waals surface area contributed by atoms with Crippen molar-refractivity contribution >= 4 is 23.4 Å². The third-order valence-corrected chi connectivity index (χ3v) is 6.59. The zero-order chi connectivity index (χ0) is 24.6. The fourth-order valence-corrected chi connectivity index (χ4v) is 4.43. The van der Waals surface area contributed by atoms with Gasteiger partial charge in [0.05, 0.1) is 12.9 Å². The van der Waals surface area contributed by atoms with Gasteiger partial charge in [-0.25, -0.2) is 0 Å². The summed E-state index contributed by atoms with van der Waals surface area (Å²) in [5.41, 5.74) is 5.11. The maximum absolute atomic E-state index is 12.7. The highest BCUT2D eigenvalue weighted by atomic mass is 32.2. The van der Waals surface area contributed by atoms with E-state index >= 15 is 0 Å². The van der Waals surface area contributed by atoms with E-state index in [0.717, 1.165) is 29.1 Å². The van der Waals surface area contributed by atoms with Crippen molar-refractivity contribution in [3.63, 3.8) is 0 Å². The average Bonchev–Trinajstić information content (AvgIpc) is 3.31. The Morgan fingerprint density at radius 1 is 0.971 bits per heavy atom. The van der Waals surface area contributed by atoms with Crippen molar-refractivity contribution in [2.24, 2.45) is 0 Å². The first kappa shape index (κ1) is 24.5. The van der Waals surface area contributed by atoms with Crippen molar-refractivity contribution in [1.82, 2.24) is 14.8 Å².